The van der Waals surface area contributed by atoms with Crippen molar-refractivity contribution in [3.63, 3.8) is 0 Å². The summed E-state index contributed by atoms with van der Waals surface area (Å²) in [5.74, 6) is 3.21. The molecule has 0 bridgehead atoms. The molecule has 2 heterocycles. The number of halogens is 1. The number of guanidine groups is 1. The Morgan fingerprint density at radius 1 is 1.22 bits per heavy atom. The van der Waals surface area contributed by atoms with Crippen molar-refractivity contribution < 1.29 is 0 Å². The number of hydrogen-bond acceptors (Lipinski definition) is 3. The molecule has 1 N–H and O–H groups in total. The van der Waals surface area contributed by atoms with Gasteiger partial charge in [0, 0.05) is 51.0 Å². The molecular weight excluding hydrogens is 404 g/mol. The third kappa shape index (κ3) is 5.54. The molecule has 27 heavy (non-hydrogen) atoms. The molecular formula is C20H29BrN6. The van der Waals surface area contributed by atoms with E-state index in [-0.39, 0.29) is 0 Å². The van der Waals surface area contributed by atoms with Crippen molar-refractivity contribution in [3.8, 4) is 0 Å². The van der Waals surface area contributed by atoms with Crippen molar-refractivity contribution in [2.45, 2.75) is 51.6 Å². The predicted molar refractivity (Wildman–Crippen MR) is 113 cm³/mol. The van der Waals surface area contributed by atoms with Gasteiger partial charge in [-0.3, -0.25) is 4.99 Å². The van der Waals surface area contributed by atoms with Crippen LogP contribution >= 0.6 is 15.9 Å². The van der Waals surface area contributed by atoms with Crippen LogP contribution in [0.25, 0.3) is 0 Å². The molecule has 0 saturated carbocycles. The van der Waals surface area contributed by atoms with Gasteiger partial charge in [0.1, 0.15) is 11.6 Å². The number of nitrogens with zero attached hydrogens (tertiary/aromatic N) is 5. The van der Waals surface area contributed by atoms with Gasteiger partial charge in [0.15, 0.2) is 5.96 Å². The summed E-state index contributed by atoms with van der Waals surface area (Å²) in [6, 6.07) is 8.40. The van der Waals surface area contributed by atoms with Gasteiger partial charge in [0.25, 0.3) is 0 Å². The predicted octanol–water partition coefficient (Wildman–Crippen LogP) is 3.41. The molecule has 0 amide bonds. The van der Waals surface area contributed by atoms with E-state index in [9.17, 15) is 0 Å². The van der Waals surface area contributed by atoms with Gasteiger partial charge in [-0.1, -0.05) is 34.5 Å². The number of rotatable bonds is 6. The normalized spacial score (nSPS) is 14.6. The van der Waals surface area contributed by atoms with Crippen LogP contribution in [0.5, 0.6) is 0 Å². The van der Waals surface area contributed by atoms with Gasteiger partial charge in [0.2, 0.25) is 0 Å². The second-order valence-corrected chi connectivity index (χ2v) is 7.97. The quantitative estimate of drug-likeness (QED) is 0.431. The molecule has 0 spiro atoms. The van der Waals surface area contributed by atoms with E-state index in [0.29, 0.717) is 0 Å². The van der Waals surface area contributed by atoms with Gasteiger partial charge in [-0.05, 0) is 37.0 Å². The van der Waals surface area contributed by atoms with E-state index in [1.165, 1.54) is 30.7 Å². The Kier molecular flexibility index (Phi) is 7.26. The summed E-state index contributed by atoms with van der Waals surface area (Å²) >= 11 is 3.48. The smallest absolute Gasteiger partial charge is 0.193 e. The van der Waals surface area contributed by atoms with Crippen molar-refractivity contribution in [1.29, 1.82) is 0 Å². The first-order valence-electron chi connectivity index (χ1n) is 9.74. The van der Waals surface area contributed by atoms with Crippen LogP contribution in [0.4, 0.5) is 0 Å². The summed E-state index contributed by atoms with van der Waals surface area (Å²) in [5, 5.41) is 12.3. The standard InChI is InChI=1S/C20H29BrN6/c1-22-20(26(2)15-16-9-11-17(21)12-10-16)23-13-6-8-19-25-24-18-7-4-3-5-14-27(18)19/h9-12H,3-8,13-15H2,1-2H3,(H,22,23). The fraction of sp³-hybridized carbons (Fsp3) is 0.550. The maximum atomic E-state index is 4.42. The van der Waals surface area contributed by atoms with Crippen LogP contribution in [0.2, 0.25) is 0 Å². The molecule has 1 aromatic heterocycles. The van der Waals surface area contributed by atoms with E-state index in [0.717, 1.165) is 55.2 Å². The molecule has 3 rings (SSSR count). The fourth-order valence-corrected chi connectivity index (χ4v) is 3.76. The average Bonchev–Trinajstić information content (AvgIpc) is 2.90. The zero-order valence-corrected chi connectivity index (χ0v) is 17.9. The van der Waals surface area contributed by atoms with Crippen molar-refractivity contribution in [3.05, 3.63) is 46.0 Å². The molecule has 7 heteroatoms. The number of hydrogen-bond donors (Lipinski definition) is 1. The van der Waals surface area contributed by atoms with Crippen molar-refractivity contribution in [2.75, 3.05) is 20.6 Å². The maximum Gasteiger partial charge on any atom is 0.193 e. The number of benzene rings is 1. The van der Waals surface area contributed by atoms with Crippen LogP contribution in [-0.4, -0.2) is 46.3 Å². The number of nitrogens with one attached hydrogen (secondary N) is 1. The summed E-state index contributed by atoms with van der Waals surface area (Å²) in [7, 11) is 3.90. The maximum absolute atomic E-state index is 4.42. The van der Waals surface area contributed by atoms with Crippen LogP contribution in [0.3, 0.4) is 0 Å². The van der Waals surface area contributed by atoms with Crippen molar-refractivity contribution >= 4 is 21.9 Å². The molecule has 146 valence electrons. The van der Waals surface area contributed by atoms with Gasteiger partial charge in [0.05, 0.1) is 0 Å². The molecule has 0 fully saturated rings. The number of aromatic nitrogens is 3. The highest BCUT2D eigenvalue weighted by atomic mass is 79.9. The Bertz CT molecular complexity index is 752. The molecule has 0 unspecified atom stereocenters. The van der Waals surface area contributed by atoms with E-state index < -0.39 is 0 Å². The van der Waals surface area contributed by atoms with E-state index in [2.05, 4.69) is 77.2 Å². The monoisotopic (exact) mass is 432 g/mol. The molecule has 2 aromatic rings. The second-order valence-electron chi connectivity index (χ2n) is 7.05. The highest BCUT2D eigenvalue weighted by Crippen LogP contribution is 2.15. The third-order valence-electron chi connectivity index (χ3n) is 4.95. The number of aryl methyl sites for hydroxylation is 2. The van der Waals surface area contributed by atoms with E-state index >= 15 is 0 Å². The minimum atomic E-state index is 0.824. The first kappa shape index (κ1) is 19.9. The van der Waals surface area contributed by atoms with Crippen molar-refractivity contribution in [2.24, 2.45) is 4.99 Å². The lowest BCUT2D eigenvalue weighted by molar-refractivity contribution is 0.475. The van der Waals surface area contributed by atoms with Crippen LogP contribution in [0.15, 0.2) is 33.7 Å². The molecule has 0 atom stereocenters. The Morgan fingerprint density at radius 3 is 2.81 bits per heavy atom. The van der Waals surface area contributed by atoms with Gasteiger partial charge in [-0.25, -0.2) is 0 Å². The molecule has 6 nitrogen and oxygen atoms in total. The van der Waals surface area contributed by atoms with Crippen LogP contribution in [0, 0.1) is 0 Å². The Balaban J connectivity index is 1.46. The molecule has 0 aliphatic carbocycles. The van der Waals surface area contributed by atoms with Gasteiger partial charge in [-0.15, -0.1) is 10.2 Å². The molecule has 1 aliphatic rings. The first-order chi connectivity index (χ1) is 13.2. The third-order valence-corrected chi connectivity index (χ3v) is 5.48. The Hall–Kier alpha value is -1.89. The average molecular weight is 433 g/mol. The minimum Gasteiger partial charge on any atom is -0.356 e. The zero-order chi connectivity index (χ0) is 19.1. The number of fused-ring (bicyclic) bond motifs is 1. The van der Waals surface area contributed by atoms with Gasteiger partial charge in [-0.2, -0.15) is 0 Å². The topological polar surface area (TPSA) is 58.3 Å². The second kappa shape index (κ2) is 9.88. The minimum absolute atomic E-state index is 0.824. The SMILES string of the molecule is CN=C(NCCCc1nnc2n1CCCCC2)N(C)Cc1ccc(Br)cc1. The Labute approximate surface area is 170 Å². The molecule has 0 saturated heterocycles. The lowest BCUT2D eigenvalue weighted by Gasteiger charge is -2.22. The summed E-state index contributed by atoms with van der Waals surface area (Å²) in [6.07, 6.45) is 6.81. The molecule has 1 aliphatic heterocycles. The molecule has 0 radical (unpaired) electrons. The van der Waals surface area contributed by atoms with E-state index in [1.807, 2.05) is 7.05 Å². The summed E-state index contributed by atoms with van der Waals surface area (Å²) in [6.45, 7) is 2.77. The highest BCUT2D eigenvalue weighted by Gasteiger charge is 2.14. The van der Waals surface area contributed by atoms with Gasteiger partial charge >= 0.3 is 0 Å². The lowest BCUT2D eigenvalue weighted by atomic mass is 10.2. The van der Waals surface area contributed by atoms with Crippen LogP contribution < -0.4 is 5.32 Å². The summed E-state index contributed by atoms with van der Waals surface area (Å²) < 4.78 is 3.43. The van der Waals surface area contributed by atoms with Gasteiger partial charge < -0.3 is 14.8 Å². The molecule has 1 aromatic carbocycles. The zero-order valence-electron chi connectivity index (χ0n) is 16.3. The lowest BCUT2D eigenvalue weighted by Crippen LogP contribution is -2.39. The number of aliphatic imine (C=N–C) groups is 1. The van der Waals surface area contributed by atoms with Crippen LogP contribution in [0.1, 0.15) is 42.9 Å². The summed E-state index contributed by atoms with van der Waals surface area (Å²) in [4.78, 5) is 6.55. The Morgan fingerprint density at radius 2 is 2.04 bits per heavy atom. The first-order valence-corrected chi connectivity index (χ1v) is 10.5. The summed E-state index contributed by atoms with van der Waals surface area (Å²) in [5.41, 5.74) is 1.26. The van der Waals surface area contributed by atoms with E-state index in [4.69, 9.17) is 0 Å². The largest absolute Gasteiger partial charge is 0.356 e. The van der Waals surface area contributed by atoms with E-state index in [1.54, 1.807) is 0 Å². The fourth-order valence-electron chi connectivity index (χ4n) is 3.50. The highest BCUT2D eigenvalue weighted by molar-refractivity contribution is 9.10. The van der Waals surface area contributed by atoms with Crippen molar-refractivity contribution in [1.82, 2.24) is 25.0 Å². The van der Waals surface area contributed by atoms with Crippen LogP contribution in [-0.2, 0) is 25.9 Å².